The van der Waals surface area contributed by atoms with Gasteiger partial charge < -0.3 is 9.64 Å². The van der Waals surface area contributed by atoms with E-state index in [2.05, 4.69) is 22.0 Å². The van der Waals surface area contributed by atoms with E-state index in [1.54, 1.807) is 30.5 Å². The summed E-state index contributed by atoms with van der Waals surface area (Å²) in [6.07, 6.45) is 5.64. The zero-order valence-electron chi connectivity index (χ0n) is 20.4. The number of anilines is 1. The molecule has 1 atom stereocenters. The molecule has 5 rings (SSSR count). The minimum Gasteiger partial charge on any atom is -0.463 e. The first-order valence-corrected chi connectivity index (χ1v) is 13.5. The molecular weight excluding hydrogens is 494 g/mol. The van der Waals surface area contributed by atoms with E-state index >= 15 is 0 Å². The Kier molecular flexibility index (Phi) is 7.12. The number of fused-ring (bicyclic) bond motifs is 1. The van der Waals surface area contributed by atoms with Crippen LogP contribution >= 0.6 is 22.9 Å². The molecule has 36 heavy (non-hydrogen) atoms. The molecule has 0 amide bonds. The van der Waals surface area contributed by atoms with E-state index in [-0.39, 0.29) is 12.2 Å². The molecule has 0 aliphatic carbocycles. The van der Waals surface area contributed by atoms with Gasteiger partial charge in [-0.3, -0.25) is 9.36 Å². The second-order valence-electron chi connectivity index (χ2n) is 8.99. The van der Waals surface area contributed by atoms with Gasteiger partial charge in [0.05, 0.1) is 28.5 Å². The quantitative estimate of drug-likeness (QED) is 0.466. The summed E-state index contributed by atoms with van der Waals surface area (Å²) >= 11 is 7.44. The average molecular weight is 522 g/mol. The fourth-order valence-corrected chi connectivity index (χ4v) is 6.01. The molecule has 1 fully saturated rings. The Hall–Kier alpha value is -3.16. The van der Waals surface area contributed by atoms with Crippen LogP contribution in [-0.4, -0.2) is 30.2 Å². The van der Waals surface area contributed by atoms with Gasteiger partial charge in [0.1, 0.15) is 0 Å². The van der Waals surface area contributed by atoms with Crippen LogP contribution in [0.4, 0.5) is 5.69 Å². The Morgan fingerprint density at radius 2 is 1.81 bits per heavy atom. The van der Waals surface area contributed by atoms with Gasteiger partial charge in [0.2, 0.25) is 0 Å². The third-order valence-electron chi connectivity index (χ3n) is 6.61. The number of hydrogen-bond acceptors (Lipinski definition) is 6. The van der Waals surface area contributed by atoms with E-state index < -0.39 is 12.0 Å². The molecule has 186 valence electrons. The summed E-state index contributed by atoms with van der Waals surface area (Å²) in [7, 11) is 0. The Morgan fingerprint density at radius 3 is 2.47 bits per heavy atom. The molecule has 0 unspecified atom stereocenters. The highest BCUT2D eigenvalue weighted by molar-refractivity contribution is 7.07. The summed E-state index contributed by atoms with van der Waals surface area (Å²) in [6, 6.07) is 14.9. The van der Waals surface area contributed by atoms with Crippen molar-refractivity contribution in [2.45, 2.75) is 39.2 Å². The number of nitrogens with zero attached hydrogens (tertiary/aromatic N) is 3. The van der Waals surface area contributed by atoms with Gasteiger partial charge in [-0.05, 0) is 74.6 Å². The highest BCUT2D eigenvalue weighted by Gasteiger charge is 2.33. The second-order valence-corrected chi connectivity index (χ2v) is 10.4. The number of carbonyl (C=O) groups is 1. The van der Waals surface area contributed by atoms with Crippen LogP contribution in [0.5, 0.6) is 0 Å². The molecule has 1 aromatic heterocycles. The Bertz CT molecular complexity index is 1480. The lowest BCUT2D eigenvalue weighted by molar-refractivity contribution is -0.139. The van der Waals surface area contributed by atoms with Crippen molar-refractivity contribution in [3.63, 3.8) is 0 Å². The van der Waals surface area contributed by atoms with Crippen LogP contribution in [0, 0.1) is 0 Å². The highest BCUT2D eigenvalue weighted by Crippen LogP contribution is 2.31. The minimum atomic E-state index is -0.638. The molecule has 2 aromatic carbocycles. The number of ether oxygens (including phenoxy) is 1. The molecule has 6 nitrogen and oxygen atoms in total. The van der Waals surface area contributed by atoms with Gasteiger partial charge in [0.15, 0.2) is 4.80 Å². The molecular formula is C28H28ClN3O3S. The SMILES string of the molecule is CCOC(=O)C1=C(C)N=c2s/c(=C/c3ccc(N4CCCCC4)cc3)c(=O)n2[C@H]1c1ccc(Cl)cc1. The smallest absolute Gasteiger partial charge is 0.338 e. The normalized spacial score (nSPS) is 18.1. The van der Waals surface area contributed by atoms with E-state index in [0.717, 1.165) is 24.2 Å². The van der Waals surface area contributed by atoms with Gasteiger partial charge in [0.25, 0.3) is 5.56 Å². The van der Waals surface area contributed by atoms with Gasteiger partial charge >= 0.3 is 5.97 Å². The van der Waals surface area contributed by atoms with Crippen molar-refractivity contribution < 1.29 is 9.53 Å². The molecule has 2 aliphatic heterocycles. The van der Waals surface area contributed by atoms with Gasteiger partial charge in [-0.15, -0.1) is 0 Å². The lowest BCUT2D eigenvalue weighted by Crippen LogP contribution is -2.39. The van der Waals surface area contributed by atoms with Gasteiger partial charge in [0, 0.05) is 23.8 Å². The highest BCUT2D eigenvalue weighted by atomic mass is 35.5. The van der Waals surface area contributed by atoms with Crippen molar-refractivity contribution in [3.05, 3.63) is 95.6 Å². The van der Waals surface area contributed by atoms with Gasteiger partial charge in [-0.2, -0.15) is 0 Å². The van der Waals surface area contributed by atoms with Crippen LogP contribution in [0.1, 0.15) is 50.3 Å². The maximum atomic E-state index is 13.7. The molecule has 0 spiro atoms. The first kappa shape index (κ1) is 24.5. The number of hydrogen-bond donors (Lipinski definition) is 0. The molecule has 0 saturated carbocycles. The van der Waals surface area contributed by atoms with Crippen molar-refractivity contribution >= 4 is 40.7 Å². The maximum absolute atomic E-state index is 13.7. The average Bonchev–Trinajstić information content (AvgIpc) is 3.19. The van der Waals surface area contributed by atoms with E-state index in [1.165, 1.54) is 36.3 Å². The van der Waals surface area contributed by atoms with E-state index in [1.807, 2.05) is 30.3 Å². The van der Waals surface area contributed by atoms with Gasteiger partial charge in [-0.1, -0.05) is 47.2 Å². The topological polar surface area (TPSA) is 63.9 Å². The van der Waals surface area contributed by atoms with Gasteiger partial charge in [-0.25, -0.2) is 9.79 Å². The first-order chi connectivity index (χ1) is 17.5. The number of allylic oxidation sites excluding steroid dienone is 1. The molecule has 3 heterocycles. The summed E-state index contributed by atoms with van der Waals surface area (Å²) < 4.78 is 7.50. The van der Waals surface area contributed by atoms with Crippen molar-refractivity contribution in [2.75, 3.05) is 24.6 Å². The van der Waals surface area contributed by atoms with Crippen LogP contribution in [0.25, 0.3) is 6.08 Å². The van der Waals surface area contributed by atoms with Crippen LogP contribution < -0.4 is 19.8 Å². The Morgan fingerprint density at radius 1 is 1.11 bits per heavy atom. The first-order valence-electron chi connectivity index (χ1n) is 12.3. The number of piperidine rings is 1. The summed E-state index contributed by atoms with van der Waals surface area (Å²) in [5.41, 5.74) is 3.66. The maximum Gasteiger partial charge on any atom is 0.338 e. The largest absolute Gasteiger partial charge is 0.463 e. The lowest BCUT2D eigenvalue weighted by atomic mass is 9.96. The summed E-state index contributed by atoms with van der Waals surface area (Å²) in [5, 5.41) is 0.581. The zero-order chi connectivity index (χ0) is 25.2. The minimum absolute atomic E-state index is 0.187. The molecule has 0 N–H and O–H groups in total. The Balaban J connectivity index is 1.58. The van der Waals surface area contributed by atoms with Crippen molar-refractivity contribution in [1.82, 2.24) is 4.57 Å². The number of carbonyl (C=O) groups excluding carboxylic acids is 1. The van der Waals surface area contributed by atoms with Crippen LogP contribution in [0.2, 0.25) is 5.02 Å². The number of aromatic nitrogens is 1. The van der Waals surface area contributed by atoms with E-state index in [9.17, 15) is 9.59 Å². The molecule has 3 aromatic rings. The van der Waals surface area contributed by atoms with E-state index in [0.29, 0.717) is 25.6 Å². The molecule has 2 aliphatic rings. The third kappa shape index (κ3) is 4.77. The Labute approximate surface area is 218 Å². The lowest BCUT2D eigenvalue weighted by Gasteiger charge is -2.28. The van der Waals surface area contributed by atoms with Crippen molar-refractivity contribution in [2.24, 2.45) is 4.99 Å². The zero-order valence-corrected chi connectivity index (χ0v) is 21.9. The number of benzene rings is 2. The molecule has 0 radical (unpaired) electrons. The molecule has 1 saturated heterocycles. The third-order valence-corrected chi connectivity index (χ3v) is 7.85. The second kappa shape index (κ2) is 10.4. The monoisotopic (exact) mass is 521 g/mol. The van der Waals surface area contributed by atoms with E-state index in [4.69, 9.17) is 16.3 Å². The van der Waals surface area contributed by atoms with Crippen molar-refractivity contribution in [1.29, 1.82) is 0 Å². The van der Waals surface area contributed by atoms with Crippen molar-refractivity contribution in [3.8, 4) is 0 Å². The summed E-state index contributed by atoms with van der Waals surface area (Å²) in [5.74, 6) is -0.471. The standard InChI is InChI=1S/C28H28ClN3O3S/c1-3-35-27(34)24-18(2)30-28-32(25(24)20-9-11-21(29)12-10-20)26(33)23(36-28)17-19-7-13-22(14-8-19)31-15-5-4-6-16-31/h7-14,17,25H,3-6,15-16H2,1-2H3/b23-17+/t25-/m0/s1. The summed E-state index contributed by atoms with van der Waals surface area (Å²) in [4.78, 5) is 34.2. The number of thiazole rings is 1. The predicted molar refractivity (Wildman–Crippen MR) is 144 cm³/mol. The fourth-order valence-electron chi connectivity index (χ4n) is 4.84. The van der Waals surface area contributed by atoms with Crippen LogP contribution in [-0.2, 0) is 9.53 Å². The fraction of sp³-hybridized carbons (Fsp3) is 0.321. The number of rotatable bonds is 5. The summed E-state index contributed by atoms with van der Waals surface area (Å²) in [6.45, 7) is 5.96. The number of halogens is 1. The molecule has 0 bridgehead atoms. The predicted octanol–water partition coefficient (Wildman–Crippen LogP) is 4.44. The number of esters is 1. The van der Waals surface area contributed by atoms with Crippen LogP contribution in [0.3, 0.4) is 0 Å². The molecule has 8 heteroatoms. The van der Waals surface area contributed by atoms with Crippen LogP contribution in [0.15, 0.2) is 69.6 Å².